The van der Waals surface area contributed by atoms with Crippen LogP contribution in [0, 0.1) is 5.92 Å². The second kappa shape index (κ2) is 2.96. The first-order valence-corrected chi connectivity index (χ1v) is 3.25. The number of carbonyl (C=O) groups is 1. The molecule has 0 aromatic rings. The van der Waals surface area contributed by atoms with Gasteiger partial charge in [0, 0.05) is 13.1 Å². The molecule has 10 heavy (non-hydrogen) atoms. The minimum atomic E-state index is -0.809. The second-order valence-electron chi connectivity index (χ2n) is 2.52. The zero-order chi connectivity index (χ0) is 7.56. The lowest BCUT2D eigenvalue weighted by molar-refractivity contribution is -0.141. The number of hydrogen-bond donors (Lipinski definition) is 1. The lowest BCUT2D eigenvalue weighted by Crippen LogP contribution is -2.22. The molecule has 1 heterocycles. The van der Waals surface area contributed by atoms with E-state index < -0.39 is 12.8 Å². The summed E-state index contributed by atoms with van der Waals surface area (Å²) in [6.45, 7) is 0.420. The van der Waals surface area contributed by atoms with Crippen molar-refractivity contribution in [2.24, 2.45) is 5.92 Å². The molecule has 1 fully saturated rings. The third-order valence-electron chi connectivity index (χ3n) is 1.79. The molecule has 1 aliphatic rings. The maximum absolute atomic E-state index is 11.9. The number of carboxylic acid groups (broad SMARTS) is 1. The first-order valence-electron chi connectivity index (χ1n) is 3.25. The van der Waals surface area contributed by atoms with E-state index in [-0.39, 0.29) is 5.92 Å². The van der Waals surface area contributed by atoms with E-state index in [1.165, 1.54) is 4.90 Å². The quantitative estimate of drug-likeness (QED) is 0.572. The topological polar surface area (TPSA) is 40.5 Å². The molecule has 58 valence electrons. The van der Waals surface area contributed by atoms with E-state index in [4.69, 9.17) is 5.11 Å². The molecule has 0 amide bonds. The number of hydrogen-bond acceptors (Lipinski definition) is 2. The highest BCUT2D eigenvalue weighted by Crippen LogP contribution is 2.15. The number of aliphatic carboxylic acids is 1. The fraction of sp³-hybridized carbons (Fsp3) is 0.833. The van der Waals surface area contributed by atoms with E-state index >= 15 is 0 Å². The van der Waals surface area contributed by atoms with Gasteiger partial charge in [0.2, 0.25) is 0 Å². The summed E-state index contributed by atoms with van der Waals surface area (Å²) in [6, 6.07) is 0. The standard InChI is InChI=1S/C6H10FNO2/c7-4-8-2-1-5(3-8)6(9)10/h5H,1-4H2,(H,9,10). The van der Waals surface area contributed by atoms with Crippen LogP contribution in [0.5, 0.6) is 0 Å². The van der Waals surface area contributed by atoms with Gasteiger partial charge < -0.3 is 5.11 Å². The van der Waals surface area contributed by atoms with Crippen molar-refractivity contribution in [3.05, 3.63) is 0 Å². The summed E-state index contributed by atoms with van der Waals surface area (Å²) in [4.78, 5) is 11.8. The average molecular weight is 147 g/mol. The zero-order valence-electron chi connectivity index (χ0n) is 5.59. The molecule has 1 saturated heterocycles. The highest BCUT2D eigenvalue weighted by molar-refractivity contribution is 5.70. The lowest BCUT2D eigenvalue weighted by Gasteiger charge is -2.07. The van der Waals surface area contributed by atoms with Crippen molar-refractivity contribution in [2.45, 2.75) is 6.42 Å². The number of likely N-dealkylation sites (tertiary alicyclic amines) is 1. The zero-order valence-corrected chi connectivity index (χ0v) is 5.59. The Hall–Kier alpha value is -0.640. The maximum Gasteiger partial charge on any atom is 0.307 e. The number of halogens is 1. The molecular formula is C6H10FNO2. The molecule has 1 unspecified atom stereocenters. The number of alkyl halides is 1. The minimum Gasteiger partial charge on any atom is -0.481 e. The van der Waals surface area contributed by atoms with Crippen LogP contribution in [-0.4, -0.2) is 35.9 Å². The van der Waals surface area contributed by atoms with E-state index in [2.05, 4.69) is 0 Å². The molecule has 0 spiro atoms. The van der Waals surface area contributed by atoms with Gasteiger partial charge in [-0.05, 0) is 6.42 Å². The Kier molecular flexibility index (Phi) is 2.21. The Morgan fingerprint density at radius 1 is 1.80 bits per heavy atom. The third kappa shape index (κ3) is 1.44. The van der Waals surface area contributed by atoms with Crippen LogP contribution in [0.15, 0.2) is 0 Å². The van der Waals surface area contributed by atoms with Crippen LogP contribution in [0.1, 0.15) is 6.42 Å². The Bertz CT molecular complexity index is 140. The van der Waals surface area contributed by atoms with Crippen molar-refractivity contribution in [1.82, 2.24) is 4.90 Å². The van der Waals surface area contributed by atoms with E-state index in [9.17, 15) is 9.18 Å². The van der Waals surface area contributed by atoms with Gasteiger partial charge in [-0.3, -0.25) is 9.69 Å². The molecule has 0 radical (unpaired) electrons. The monoisotopic (exact) mass is 147 g/mol. The summed E-state index contributed by atoms with van der Waals surface area (Å²) in [5.74, 6) is -1.16. The van der Waals surface area contributed by atoms with Crippen molar-refractivity contribution >= 4 is 5.97 Å². The fourth-order valence-corrected chi connectivity index (χ4v) is 1.14. The lowest BCUT2D eigenvalue weighted by atomic mass is 10.1. The predicted octanol–water partition coefficient (Wildman–Crippen LogP) is 0.320. The van der Waals surface area contributed by atoms with Gasteiger partial charge in [0.15, 0.2) is 0 Å². The van der Waals surface area contributed by atoms with E-state index in [1.54, 1.807) is 0 Å². The Morgan fingerprint density at radius 3 is 2.80 bits per heavy atom. The molecule has 4 heteroatoms. The van der Waals surface area contributed by atoms with Gasteiger partial charge in [-0.1, -0.05) is 0 Å². The van der Waals surface area contributed by atoms with Gasteiger partial charge in [-0.2, -0.15) is 0 Å². The van der Waals surface area contributed by atoms with E-state index in [0.717, 1.165) is 0 Å². The highest BCUT2D eigenvalue weighted by atomic mass is 19.1. The third-order valence-corrected chi connectivity index (χ3v) is 1.79. The van der Waals surface area contributed by atoms with E-state index in [1.807, 2.05) is 0 Å². The minimum absolute atomic E-state index is 0.351. The molecule has 0 bridgehead atoms. The van der Waals surface area contributed by atoms with E-state index in [0.29, 0.717) is 19.5 Å². The van der Waals surface area contributed by atoms with Crippen molar-refractivity contribution in [1.29, 1.82) is 0 Å². The molecule has 0 aromatic heterocycles. The second-order valence-corrected chi connectivity index (χ2v) is 2.52. The van der Waals surface area contributed by atoms with Crippen molar-refractivity contribution < 1.29 is 14.3 Å². The number of rotatable bonds is 2. The maximum atomic E-state index is 11.9. The molecule has 1 atom stereocenters. The van der Waals surface area contributed by atoms with Gasteiger partial charge in [-0.15, -0.1) is 0 Å². The Labute approximate surface area is 58.4 Å². The average Bonchev–Trinajstić information content (AvgIpc) is 2.34. The van der Waals surface area contributed by atoms with Crippen LogP contribution < -0.4 is 0 Å². The number of carboxylic acids is 1. The SMILES string of the molecule is O=C(O)C1CCN(CF)C1. The summed E-state index contributed by atoms with van der Waals surface area (Å²) >= 11 is 0. The molecule has 1 rings (SSSR count). The van der Waals surface area contributed by atoms with Gasteiger partial charge in [0.05, 0.1) is 5.92 Å². The van der Waals surface area contributed by atoms with Gasteiger partial charge >= 0.3 is 5.97 Å². The smallest absolute Gasteiger partial charge is 0.307 e. The molecule has 0 aliphatic carbocycles. The van der Waals surface area contributed by atoms with Crippen LogP contribution >= 0.6 is 0 Å². The molecule has 0 saturated carbocycles. The highest BCUT2D eigenvalue weighted by Gasteiger charge is 2.27. The van der Waals surface area contributed by atoms with Crippen LogP contribution in [0.4, 0.5) is 4.39 Å². The van der Waals surface area contributed by atoms with Gasteiger partial charge in [0.25, 0.3) is 0 Å². The summed E-state index contributed by atoms with van der Waals surface area (Å²) in [5, 5.41) is 8.48. The Balaban J connectivity index is 2.35. The van der Waals surface area contributed by atoms with Crippen molar-refractivity contribution in [2.75, 3.05) is 19.9 Å². The van der Waals surface area contributed by atoms with Crippen LogP contribution in [0.25, 0.3) is 0 Å². The van der Waals surface area contributed by atoms with Crippen LogP contribution in [-0.2, 0) is 4.79 Å². The van der Waals surface area contributed by atoms with Crippen LogP contribution in [0.2, 0.25) is 0 Å². The molecule has 3 nitrogen and oxygen atoms in total. The summed E-state index contributed by atoms with van der Waals surface area (Å²) < 4.78 is 11.9. The largest absolute Gasteiger partial charge is 0.481 e. The first-order chi connectivity index (χ1) is 4.74. The molecule has 1 N–H and O–H groups in total. The normalized spacial score (nSPS) is 27.1. The summed E-state index contributed by atoms with van der Waals surface area (Å²) in [5.41, 5.74) is 0. The number of nitrogens with zero attached hydrogens (tertiary/aromatic N) is 1. The first kappa shape index (κ1) is 7.47. The molecule has 0 aromatic carbocycles. The predicted molar refractivity (Wildman–Crippen MR) is 33.3 cm³/mol. The van der Waals surface area contributed by atoms with Gasteiger partial charge in [0.1, 0.15) is 6.80 Å². The fourth-order valence-electron chi connectivity index (χ4n) is 1.14. The van der Waals surface area contributed by atoms with Gasteiger partial charge in [-0.25, -0.2) is 4.39 Å². The molecular weight excluding hydrogens is 137 g/mol. The summed E-state index contributed by atoms with van der Waals surface area (Å²) in [7, 11) is 0. The molecule has 1 aliphatic heterocycles. The Morgan fingerprint density at radius 2 is 2.50 bits per heavy atom. The summed E-state index contributed by atoms with van der Waals surface area (Å²) in [6.07, 6.45) is 0.583. The van der Waals surface area contributed by atoms with Crippen LogP contribution in [0.3, 0.4) is 0 Å². The van der Waals surface area contributed by atoms with Crippen molar-refractivity contribution in [3.8, 4) is 0 Å². The van der Waals surface area contributed by atoms with Crippen molar-refractivity contribution in [3.63, 3.8) is 0 Å².